The van der Waals surface area contributed by atoms with E-state index in [1.807, 2.05) is 51.2 Å². The number of carbonyl (C=O) groups is 1. The molecule has 198 valence electrons. The van der Waals surface area contributed by atoms with E-state index >= 15 is 0 Å². The molecular formula is C28H33N7O3. The van der Waals surface area contributed by atoms with Gasteiger partial charge in [0.15, 0.2) is 5.75 Å². The van der Waals surface area contributed by atoms with Gasteiger partial charge in [-0.25, -0.2) is 19.7 Å². The molecule has 10 heteroatoms. The summed E-state index contributed by atoms with van der Waals surface area (Å²) in [7, 11) is 1.61. The lowest BCUT2D eigenvalue weighted by molar-refractivity contribution is 0.0139. The summed E-state index contributed by atoms with van der Waals surface area (Å²) in [5, 5.41) is 0. The highest BCUT2D eigenvalue weighted by atomic mass is 16.6. The number of nitrogens with zero attached hydrogens (tertiary/aromatic N) is 6. The third kappa shape index (κ3) is 6.08. The number of imidazole rings is 1. The number of aromatic nitrogens is 5. The Hall–Kier alpha value is -4.05. The first kappa shape index (κ1) is 25.6. The van der Waals surface area contributed by atoms with Crippen molar-refractivity contribution in [3.8, 4) is 17.0 Å². The van der Waals surface area contributed by atoms with Crippen LogP contribution in [0.15, 0.2) is 49.1 Å². The molecule has 1 fully saturated rings. The van der Waals surface area contributed by atoms with Gasteiger partial charge in [-0.2, -0.15) is 0 Å². The fraction of sp³-hybridized carbons (Fsp3) is 0.393. The summed E-state index contributed by atoms with van der Waals surface area (Å²) in [6.07, 6.45) is 5.38. The zero-order valence-corrected chi connectivity index (χ0v) is 22.3. The fourth-order valence-corrected chi connectivity index (χ4v) is 4.54. The van der Waals surface area contributed by atoms with Crippen LogP contribution in [0, 0.1) is 0 Å². The van der Waals surface area contributed by atoms with Crippen molar-refractivity contribution in [2.24, 2.45) is 0 Å². The number of amides is 1. The van der Waals surface area contributed by atoms with Crippen molar-refractivity contribution in [3.05, 3.63) is 66.1 Å². The molecule has 0 spiro atoms. The van der Waals surface area contributed by atoms with Gasteiger partial charge in [-0.1, -0.05) is 6.07 Å². The molecule has 1 saturated heterocycles. The molecule has 0 saturated carbocycles. The normalized spacial score (nSPS) is 14.6. The molecule has 1 amide bonds. The Morgan fingerprint density at radius 3 is 2.66 bits per heavy atom. The lowest BCUT2D eigenvalue weighted by Gasteiger charge is -2.35. The Bertz CT molecular complexity index is 1420. The SMILES string of the molecule is COc1cncnc1-c1ccc2nc(Cc3cc(CN4CCN(C(=O)OC(C)(C)C)CC4)ccn3)[nH]c2c1. The minimum atomic E-state index is -0.478. The number of nitrogens with one attached hydrogen (secondary N) is 1. The van der Waals surface area contributed by atoms with Gasteiger partial charge in [-0.05, 0) is 50.6 Å². The van der Waals surface area contributed by atoms with Crippen LogP contribution in [0.2, 0.25) is 0 Å². The number of piperazine rings is 1. The summed E-state index contributed by atoms with van der Waals surface area (Å²) >= 11 is 0. The highest BCUT2D eigenvalue weighted by Crippen LogP contribution is 2.28. The van der Waals surface area contributed by atoms with Gasteiger partial charge in [0.1, 0.15) is 23.4 Å². The van der Waals surface area contributed by atoms with E-state index in [0.29, 0.717) is 25.3 Å². The number of carbonyl (C=O) groups excluding carboxylic acids is 1. The Kier molecular flexibility index (Phi) is 7.24. The number of hydrogen-bond acceptors (Lipinski definition) is 8. The molecule has 0 unspecified atom stereocenters. The average Bonchev–Trinajstić information content (AvgIpc) is 3.29. The fourth-order valence-electron chi connectivity index (χ4n) is 4.54. The van der Waals surface area contributed by atoms with Gasteiger partial charge in [-0.15, -0.1) is 0 Å². The van der Waals surface area contributed by atoms with Crippen molar-refractivity contribution >= 4 is 17.1 Å². The number of fused-ring (bicyclic) bond motifs is 1. The van der Waals surface area contributed by atoms with Crippen molar-refractivity contribution in [1.29, 1.82) is 0 Å². The molecule has 0 bridgehead atoms. The lowest BCUT2D eigenvalue weighted by atomic mass is 10.1. The average molecular weight is 516 g/mol. The number of benzene rings is 1. The van der Waals surface area contributed by atoms with Crippen molar-refractivity contribution in [1.82, 2.24) is 34.7 Å². The molecular weight excluding hydrogens is 482 g/mol. The summed E-state index contributed by atoms with van der Waals surface area (Å²) in [6, 6.07) is 10.2. The maximum Gasteiger partial charge on any atom is 0.410 e. The van der Waals surface area contributed by atoms with Crippen molar-refractivity contribution in [2.75, 3.05) is 33.3 Å². The molecule has 1 aromatic carbocycles. The molecule has 3 aromatic heterocycles. The van der Waals surface area contributed by atoms with Gasteiger partial charge in [0.05, 0.1) is 24.3 Å². The smallest absolute Gasteiger partial charge is 0.410 e. The van der Waals surface area contributed by atoms with Crippen molar-refractivity contribution in [3.63, 3.8) is 0 Å². The largest absolute Gasteiger partial charge is 0.493 e. The van der Waals surface area contributed by atoms with Crippen molar-refractivity contribution < 1.29 is 14.3 Å². The summed E-state index contributed by atoms with van der Waals surface area (Å²) in [6.45, 7) is 9.41. The Morgan fingerprint density at radius 2 is 1.89 bits per heavy atom. The number of ether oxygens (including phenoxy) is 2. The number of H-pyrrole nitrogens is 1. The first-order valence-electron chi connectivity index (χ1n) is 12.7. The number of hydrogen-bond donors (Lipinski definition) is 1. The van der Waals surface area contributed by atoms with E-state index in [0.717, 1.165) is 53.4 Å². The molecule has 0 atom stereocenters. The minimum Gasteiger partial charge on any atom is -0.493 e. The summed E-state index contributed by atoms with van der Waals surface area (Å²) < 4.78 is 10.9. The third-order valence-electron chi connectivity index (χ3n) is 6.36. The van der Waals surface area contributed by atoms with Crippen LogP contribution in [0.3, 0.4) is 0 Å². The van der Waals surface area contributed by atoms with Crippen LogP contribution in [-0.4, -0.2) is 79.7 Å². The van der Waals surface area contributed by atoms with Gasteiger partial charge in [0.2, 0.25) is 0 Å². The molecule has 1 aliphatic rings. The van der Waals surface area contributed by atoms with Gasteiger partial charge in [-0.3, -0.25) is 9.88 Å². The zero-order valence-electron chi connectivity index (χ0n) is 22.3. The predicted molar refractivity (Wildman–Crippen MR) is 144 cm³/mol. The highest BCUT2D eigenvalue weighted by molar-refractivity contribution is 5.82. The molecule has 0 radical (unpaired) electrons. The number of aromatic amines is 1. The van der Waals surface area contributed by atoms with E-state index in [1.54, 1.807) is 18.2 Å². The van der Waals surface area contributed by atoms with Crippen molar-refractivity contribution in [2.45, 2.75) is 39.3 Å². The number of rotatable bonds is 6. The van der Waals surface area contributed by atoms with Gasteiger partial charge < -0.3 is 19.4 Å². The second-order valence-electron chi connectivity index (χ2n) is 10.4. The Labute approximate surface area is 222 Å². The molecule has 1 N–H and O–H groups in total. The summed E-state index contributed by atoms with van der Waals surface area (Å²) in [5.74, 6) is 1.47. The number of pyridine rings is 1. The highest BCUT2D eigenvalue weighted by Gasteiger charge is 2.25. The molecule has 4 heterocycles. The van der Waals surface area contributed by atoms with E-state index in [-0.39, 0.29) is 6.09 Å². The molecule has 38 heavy (non-hydrogen) atoms. The first-order valence-corrected chi connectivity index (χ1v) is 12.7. The van der Waals surface area contributed by atoms with Crippen LogP contribution in [0.5, 0.6) is 5.75 Å². The molecule has 10 nitrogen and oxygen atoms in total. The monoisotopic (exact) mass is 515 g/mol. The second-order valence-corrected chi connectivity index (χ2v) is 10.4. The summed E-state index contributed by atoms with van der Waals surface area (Å²) in [4.78, 5) is 37.6. The van der Waals surface area contributed by atoms with Crippen LogP contribution in [0.4, 0.5) is 4.79 Å². The van der Waals surface area contributed by atoms with Crippen LogP contribution >= 0.6 is 0 Å². The van der Waals surface area contributed by atoms with Crippen LogP contribution in [-0.2, 0) is 17.7 Å². The van der Waals surface area contributed by atoms with E-state index in [1.165, 1.54) is 11.9 Å². The maximum absolute atomic E-state index is 12.3. The van der Waals surface area contributed by atoms with E-state index < -0.39 is 5.60 Å². The van der Waals surface area contributed by atoms with E-state index in [2.05, 4.69) is 30.9 Å². The van der Waals surface area contributed by atoms with Crippen LogP contribution < -0.4 is 4.74 Å². The predicted octanol–water partition coefficient (Wildman–Crippen LogP) is 4.07. The topological polar surface area (TPSA) is 109 Å². The van der Waals surface area contributed by atoms with Crippen LogP contribution in [0.1, 0.15) is 37.9 Å². The van der Waals surface area contributed by atoms with E-state index in [4.69, 9.17) is 14.5 Å². The van der Waals surface area contributed by atoms with Crippen LogP contribution in [0.25, 0.3) is 22.3 Å². The lowest BCUT2D eigenvalue weighted by Crippen LogP contribution is -2.49. The third-order valence-corrected chi connectivity index (χ3v) is 6.36. The first-order chi connectivity index (χ1) is 18.3. The molecule has 1 aliphatic heterocycles. The zero-order chi connectivity index (χ0) is 26.7. The molecule has 5 rings (SSSR count). The van der Waals surface area contributed by atoms with E-state index in [9.17, 15) is 4.79 Å². The molecule has 0 aliphatic carbocycles. The standard InChI is InChI=1S/C28H33N7O3/c1-28(2,3)38-27(36)35-11-9-34(10-12-35)17-19-7-8-30-21(13-19)15-25-32-22-6-5-20(14-23(22)33-25)26-24(37-4)16-29-18-31-26/h5-8,13-14,16,18H,9-12,15,17H2,1-4H3,(H,32,33). The van der Waals surface area contributed by atoms with Gasteiger partial charge in [0.25, 0.3) is 0 Å². The molecule has 4 aromatic rings. The second kappa shape index (κ2) is 10.7. The summed E-state index contributed by atoms with van der Waals surface area (Å²) in [5.41, 5.74) is 5.14. The Balaban J connectivity index is 1.22. The minimum absolute atomic E-state index is 0.238. The Morgan fingerprint density at radius 1 is 1.08 bits per heavy atom. The maximum atomic E-state index is 12.3. The quantitative estimate of drug-likeness (QED) is 0.409. The van der Waals surface area contributed by atoms with Gasteiger partial charge in [0, 0.05) is 56.6 Å². The number of methoxy groups -OCH3 is 1. The van der Waals surface area contributed by atoms with Gasteiger partial charge >= 0.3 is 6.09 Å².